The van der Waals surface area contributed by atoms with Crippen molar-refractivity contribution in [2.24, 2.45) is 0 Å². The van der Waals surface area contributed by atoms with E-state index in [4.69, 9.17) is 0 Å². The Morgan fingerprint density at radius 2 is 2.00 bits per heavy atom. The Kier molecular flexibility index (Phi) is 5.72. The average molecular weight is 336 g/mol. The van der Waals surface area contributed by atoms with Crippen molar-refractivity contribution in [1.29, 1.82) is 0 Å². The van der Waals surface area contributed by atoms with Gasteiger partial charge in [0.1, 0.15) is 0 Å². The van der Waals surface area contributed by atoms with Crippen LogP contribution in [0.15, 0.2) is 16.8 Å². The first-order valence-electron chi connectivity index (χ1n) is 8.89. The number of thiophene rings is 1. The first-order valence-corrected chi connectivity index (χ1v) is 9.83. The number of nitrogens with zero attached hydrogens (tertiary/aromatic N) is 3. The monoisotopic (exact) mass is 335 g/mol. The van der Waals surface area contributed by atoms with Crippen LogP contribution >= 0.6 is 11.3 Å². The fourth-order valence-electron chi connectivity index (χ4n) is 3.79. The van der Waals surface area contributed by atoms with Crippen LogP contribution in [0, 0.1) is 0 Å². The molecule has 1 amide bonds. The first-order chi connectivity index (χ1) is 11.1. The molecule has 1 aliphatic heterocycles. The summed E-state index contributed by atoms with van der Waals surface area (Å²) in [7, 11) is 2.16. The van der Waals surface area contributed by atoms with Crippen LogP contribution < -0.4 is 0 Å². The van der Waals surface area contributed by atoms with E-state index >= 15 is 0 Å². The summed E-state index contributed by atoms with van der Waals surface area (Å²) in [5, 5.41) is 4.28. The summed E-state index contributed by atoms with van der Waals surface area (Å²) in [6, 6.07) is 2.60. The van der Waals surface area contributed by atoms with Gasteiger partial charge in [-0.3, -0.25) is 9.69 Å². The van der Waals surface area contributed by atoms with E-state index in [1.165, 1.54) is 31.2 Å². The van der Waals surface area contributed by atoms with Gasteiger partial charge in [-0.1, -0.05) is 12.8 Å². The van der Waals surface area contributed by atoms with Crippen LogP contribution in [0.1, 0.15) is 38.2 Å². The number of amides is 1. The molecule has 0 aromatic carbocycles. The highest BCUT2D eigenvalue weighted by Gasteiger charge is 2.33. The molecule has 1 aliphatic carbocycles. The first kappa shape index (κ1) is 16.9. The van der Waals surface area contributed by atoms with Gasteiger partial charge in [0.15, 0.2) is 0 Å². The summed E-state index contributed by atoms with van der Waals surface area (Å²) in [5.74, 6) is 0.327. The Morgan fingerprint density at radius 3 is 2.61 bits per heavy atom. The third kappa shape index (κ3) is 4.14. The molecule has 1 atom stereocenters. The lowest BCUT2D eigenvalue weighted by Crippen LogP contribution is -2.55. The molecule has 0 unspecified atom stereocenters. The second-order valence-electron chi connectivity index (χ2n) is 7.05. The average Bonchev–Trinajstić information content (AvgIpc) is 3.25. The third-order valence-corrected chi connectivity index (χ3v) is 6.16. The Hall–Kier alpha value is -0.910. The van der Waals surface area contributed by atoms with Crippen molar-refractivity contribution in [3.8, 4) is 0 Å². The van der Waals surface area contributed by atoms with E-state index in [1.54, 1.807) is 11.3 Å². The summed E-state index contributed by atoms with van der Waals surface area (Å²) in [6.45, 7) is 7.01. The lowest BCUT2D eigenvalue weighted by atomic mass is 10.1. The molecule has 0 spiro atoms. The Bertz CT molecular complexity index is 490. The van der Waals surface area contributed by atoms with Gasteiger partial charge in [-0.2, -0.15) is 11.3 Å². The maximum atomic E-state index is 13.2. The van der Waals surface area contributed by atoms with Gasteiger partial charge in [0.05, 0.1) is 6.04 Å². The molecule has 5 heteroatoms. The molecule has 0 bridgehead atoms. The largest absolute Gasteiger partial charge is 0.334 e. The van der Waals surface area contributed by atoms with Crippen LogP contribution in [-0.2, 0) is 11.3 Å². The van der Waals surface area contributed by atoms with Crippen molar-refractivity contribution in [1.82, 2.24) is 14.7 Å². The van der Waals surface area contributed by atoms with Gasteiger partial charge in [-0.15, -0.1) is 0 Å². The predicted molar refractivity (Wildman–Crippen MR) is 95.7 cm³/mol. The van der Waals surface area contributed by atoms with E-state index in [0.29, 0.717) is 11.9 Å². The smallest absolute Gasteiger partial charge is 0.240 e. The molecule has 2 aliphatic rings. The number of hydrogen-bond acceptors (Lipinski definition) is 4. The topological polar surface area (TPSA) is 26.8 Å². The maximum absolute atomic E-state index is 13.2. The van der Waals surface area contributed by atoms with Crippen LogP contribution in [0.3, 0.4) is 0 Å². The van der Waals surface area contributed by atoms with Crippen molar-refractivity contribution < 1.29 is 4.79 Å². The fourth-order valence-corrected chi connectivity index (χ4v) is 4.45. The predicted octanol–water partition coefficient (Wildman–Crippen LogP) is 2.66. The van der Waals surface area contributed by atoms with E-state index in [1.807, 2.05) is 0 Å². The zero-order chi connectivity index (χ0) is 16.2. The van der Waals surface area contributed by atoms with E-state index in [0.717, 1.165) is 32.7 Å². The summed E-state index contributed by atoms with van der Waals surface area (Å²) in [6.07, 6.45) is 4.87. The number of carbonyl (C=O) groups is 1. The Labute approximate surface area is 144 Å². The number of rotatable bonds is 5. The van der Waals surface area contributed by atoms with Gasteiger partial charge in [-0.25, -0.2) is 0 Å². The minimum Gasteiger partial charge on any atom is -0.334 e. The molecule has 2 fully saturated rings. The molecule has 4 nitrogen and oxygen atoms in total. The van der Waals surface area contributed by atoms with Gasteiger partial charge in [0.2, 0.25) is 5.91 Å². The zero-order valence-corrected chi connectivity index (χ0v) is 15.2. The highest BCUT2D eigenvalue weighted by molar-refractivity contribution is 7.07. The minimum absolute atomic E-state index is 0.00272. The quantitative estimate of drug-likeness (QED) is 0.828. The summed E-state index contributed by atoms with van der Waals surface area (Å²) >= 11 is 1.72. The van der Waals surface area contributed by atoms with Crippen LogP contribution in [-0.4, -0.2) is 65.9 Å². The molecule has 0 N–H and O–H groups in total. The van der Waals surface area contributed by atoms with Gasteiger partial charge in [0.25, 0.3) is 0 Å². The molecule has 1 aromatic heterocycles. The van der Waals surface area contributed by atoms with Crippen molar-refractivity contribution in [2.45, 2.75) is 51.2 Å². The Balaban J connectivity index is 1.68. The minimum atomic E-state index is 0.00272. The van der Waals surface area contributed by atoms with Crippen LogP contribution in [0.25, 0.3) is 0 Å². The highest BCUT2D eigenvalue weighted by atomic mass is 32.1. The molecule has 2 heterocycles. The van der Waals surface area contributed by atoms with Crippen molar-refractivity contribution in [3.05, 3.63) is 22.4 Å². The summed E-state index contributed by atoms with van der Waals surface area (Å²) in [5.41, 5.74) is 1.28. The highest BCUT2D eigenvalue weighted by Crippen LogP contribution is 2.27. The van der Waals surface area contributed by atoms with Crippen molar-refractivity contribution in [3.63, 3.8) is 0 Å². The van der Waals surface area contributed by atoms with Crippen molar-refractivity contribution in [2.75, 3.05) is 33.2 Å². The molecule has 23 heavy (non-hydrogen) atoms. The molecule has 128 valence electrons. The fraction of sp³-hybridized carbons (Fsp3) is 0.722. The zero-order valence-electron chi connectivity index (χ0n) is 14.4. The number of piperazine rings is 1. The lowest BCUT2D eigenvalue weighted by Gasteiger charge is -2.39. The number of likely N-dealkylation sites (N-methyl/N-ethyl adjacent to an activating group) is 1. The van der Waals surface area contributed by atoms with Gasteiger partial charge in [0, 0.05) is 38.8 Å². The molecule has 1 aromatic rings. The molecule has 1 saturated heterocycles. The van der Waals surface area contributed by atoms with Crippen LogP contribution in [0.2, 0.25) is 0 Å². The van der Waals surface area contributed by atoms with Crippen LogP contribution in [0.5, 0.6) is 0 Å². The second-order valence-corrected chi connectivity index (χ2v) is 7.83. The van der Waals surface area contributed by atoms with Gasteiger partial charge >= 0.3 is 0 Å². The molecule has 0 radical (unpaired) electrons. The van der Waals surface area contributed by atoms with E-state index < -0.39 is 0 Å². The molecular formula is C18H29N3OS. The summed E-state index contributed by atoms with van der Waals surface area (Å²) in [4.78, 5) is 20.1. The SMILES string of the molecule is C[C@@H](C(=O)N(Cc1ccsc1)C1CCCC1)N1CCN(C)CC1. The molecule has 1 saturated carbocycles. The van der Waals surface area contributed by atoms with E-state index in [9.17, 15) is 4.79 Å². The van der Waals surface area contributed by atoms with Gasteiger partial charge < -0.3 is 9.80 Å². The second kappa shape index (κ2) is 7.77. The van der Waals surface area contributed by atoms with E-state index in [2.05, 4.69) is 45.5 Å². The van der Waals surface area contributed by atoms with Crippen molar-refractivity contribution >= 4 is 17.2 Å². The third-order valence-electron chi connectivity index (χ3n) is 5.42. The summed E-state index contributed by atoms with van der Waals surface area (Å²) < 4.78 is 0. The maximum Gasteiger partial charge on any atom is 0.240 e. The van der Waals surface area contributed by atoms with Gasteiger partial charge in [-0.05, 0) is 49.2 Å². The number of carbonyl (C=O) groups excluding carboxylic acids is 1. The number of hydrogen-bond donors (Lipinski definition) is 0. The Morgan fingerprint density at radius 1 is 1.30 bits per heavy atom. The standard InChI is InChI=1S/C18H29N3OS/c1-15(20-10-8-19(2)9-11-20)18(22)21(17-5-3-4-6-17)13-16-7-12-23-14-16/h7,12,14-15,17H,3-6,8-11,13H2,1-2H3/t15-/m0/s1. The van der Waals surface area contributed by atoms with E-state index in [-0.39, 0.29) is 6.04 Å². The van der Waals surface area contributed by atoms with Crippen LogP contribution in [0.4, 0.5) is 0 Å². The normalized spacial score (nSPS) is 22.3. The molecular weight excluding hydrogens is 306 g/mol. The molecule has 3 rings (SSSR count). The lowest BCUT2D eigenvalue weighted by molar-refractivity contribution is -0.140.